The van der Waals surface area contributed by atoms with Gasteiger partial charge in [-0.2, -0.15) is 0 Å². The Morgan fingerprint density at radius 1 is 0.814 bits per heavy atom. The second kappa shape index (κ2) is 13.1. The Kier molecular flexibility index (Phi) is 10.3. The number of ketones is 1. The minimum absolute atomic E-state index is 0.0329. The van der Waals surface area contributed by atoms with Crippen LogP contribution < -0.4 is 0 Å². The number of Topliss-reactive ketones (excluding diaryl/α,β-unsaturated/α-hetero) is 1. The third-order valence-corrected chi connectivity index (χ3v) is 9.35. The first-order valence-electron chi connectivity index (χ1n) is 13.4. The highest BCUT2D eigenvalue weighted by Crippen LogP contribution is 2.68. The summed E-state index contributed by atoms with van der Waals surface area (Å²) < 4.78 is 26.0. The number of fused-ring (bicyclic) bond motifs is 2. The number of nitrogens with zero attached hydrogens (tertiary/aromatic N) is 1. The number of likely N-dealkylation sites (tertiary alicyclic amines) is 1. The van der Waals surface area contributed by atoms with Crippen LogP contribution in [0.2, 0.25) is 0 Å². The molecule has 2 fully saturated rings. The molecule has 0 unspecified atom stereocenters. The molecule has 14 heteroatoms. The Balaban J connectivity index is 2.28. The molecule has 1 aromatic carbocycles. The maximum absolute atomic E-state index is 14.1. The van der Waals surface area contributed by atoms with Crippen LogP contribution in [0.1, 0.15) is 53.5 Å². The maximum Gasteiger partial charge on any atom is 0.303 e. The van der Waals surface area contributed by atoms with Crippen LogP contribution in [0.15, 0.2) is 30.3 Å². The molecule has 2 bridgehead atoms. The molecular weight excluding hydrogens is 586 g/mol. The van der Waals surface area contributed by atoms with Gasteiger partial charge in [-0.25, -0.2) is 0 Å². The van der Waals surface area contributed by atoms with Crippen LogP contribution in [0.25, 0.3) is 0 Å². The largest absolute Gasteiger partial charge is 0.462 e. The third kappa shape index (κ3) is 6.68. The predicted molar refractivity (Wildman–Crippen MR) is 149 cm³/mol. The van der Waals surface area contributed by atoms with E-state index in [1.165, 1.54) is 18.9 Å². The van der Waals surface area contributed by atoms with Gasteiger partial charge in [0.2, 0.25) is 5.91 Å². The number of carbonyl (C=O) groups excluding carboxylic acids is 7. The molecule has 234 valence electrons. The van der Waals surface area contributed by atoms with Gasteiger partial charge in [-0.05, 0) is 18.9 Å². The van der Waals surface area contributed by atoms with Crippen LogP contribution in [-0.2, 0) is 62.0 Å². The monoisotopic (exact) mass is 621 g/mol. The number of benzene rings is 1. The van der Waals surface area contributed by atoms with Crippen LogP contribution in [0.5, 0.6) is 0 Å². The lowest BCUT2D eigenvalue weighted by molar-refractivity contribution is -0.210. The van der Waals surface area contributed by atoms with Crippen molar-refractivity contribution in [3.05, 3.63) is 35.9 Å². The third-order valence-electron chi connectivity index (χ3n) is 7.31. The fourth-order valence-electron chi connectivity index (χ4n) is 5.75. The summed E-state index contributed by atoms with van der Waals surface area (Å²) in [5, 5.41) is 0. The van der Waals surface area contributed by atoms with Crippen molar-refractivity contribution in [3.63, 3.8) is 0 Å². The normalized spacial score (nSPS) is 25.1. The molecule has 0 aromatic heterocycles. The SMILES string of the molecule is CC(=O)OC[C@@H](OC(C)=O)[C@@H](OC(C)=O)[C@H](OC(C)=O)[C@@H](OC(C)=O)[C@@]12C[C@@H](C(C)=O)[C@@](c3ccccc3)(S1)C(=O)N2C. The van der Waals surface area contributed by atoms with E-state index >= 15 is 0 Å². The van der Waals surface area contributed by atoms with Crippen molar-refractivity contribution in [2.24, 2.45) is 5.92 Å². The molecule has 0 N–H and O–H groups in total. The molecule has 7 atom stereocenters. The summed E-state index contributed by atoms with van der Waals surface area (Å²) in [6, 6.07) is 8.66. The van der Waals surface area contributed by atoms with E-state index in [1.807, 2.05) is 0 Å². The molecule has 0 radical (unpaired) electrons. The van der Waals surface area contributed by atoms with Gasteiger partial charge >= 0.3 is 29.8 Å². The van der Waals surface area contributed by atoms with Crippen molar-refractivity contribution in [2.45, 2.75) is 82.0 Å². The van der Waals surface area contributed by atoms with Crippen LogP contribution >= 0.6 is 11.8 Å². The first-order valence-corrected chi connectivity index (χ1v) is 14.2. The van der Waals surface area contributed by atoms with Gasteiger partial charge in [-0.3, -0.25) is 33.6 Å². The van der Waals surface area contributed by atoms with E-state index in [0.29, 0.717) is 5.56 Å². The van der Waals surface area contributed by atoms with Gasteiger partial charge in [-0.15, -0.1) is 11.8 Å². The molecule has 2 heterocycles. The molecule has 0 spiro atoms. The average Bonchev–Trinajstić information content (AvgIpc) is 3.39. The van der Waals surface area contributed by atoms with Gasteiger partial charge in [0.25, 0.3) is 0 Å². The zero-order chi connectivity index (χ0) is 32.3. The summed E-state index contributed by atoms with van der Waals surface area (Å²) in [4.78, 5) is 88.3. The van der Waals surface area contributed by atoms with Crippen LogP contribution in [0.4, 0.5) is 0 Å². The molecule has 0 aliphatic carbocycles. The van der Waals surface area contributed by atoms with Crippen molar-refractivity contribution in [2.75, 3.05) is 13.7 Å². The Morgan fingerprint density at radius 2 is 1.35 bits per heavy atom. The summed E-state index contributed by atoms with van der Waals surface area (Å²) in [5.41, 5.74) is 0.547. The molecule has 1 amide bonds. The van der Waals surface area contributed by atoms with Gasteiger partial charge in [-0.1, -0.05) is 30.3 Å². The standard InChI is InChI=1S/C29H35NO12S/c1-15(31)22-13-28(30(7)27(37)29(22,43-28)21-11-9-8-10-12-21)26(42-20(6)36)25(41-19(5)35)24(40-18(4)34)23(39-17(3)33)14-38-16(2)32/h8-12,22-26H,13-14H2,1-7H3/t22-,23+,24+,25-,26+,28+,29+/m0/s1. The number of hydrogen-bond donors (Lipinski definition) is 0. The number of amides is 1. The lowest BCUT2D eigenvalue weighted by Gasteiger charge is -2.46. The lowest BCUT2D eigenvalue weighted by atomic mass is 9.73. The summed E-state index contributed by atoms with van der Waals surface area (Å²) >= 11 is 1.07. The minimum atomic E-state index is -1.70. The highest BCUT2D eigenvalue weighted by atomic mass is 32.2. The molecule has 2 aliphatic heterocycles. The highest BCUT2D eigenvalue weighted by molar-refractivity contribution is 8.03. The number of piperidine rings is 1. The van der Waals surface area contributed by atoms with Crippen LogP contribution in [0, 0.1) is 5.92 Å². The van der Waals surface area contributed by atoms with E-state index < -0.39 is 82.3 Å². The van der Waals surface area contributed by atoms with Crippen molar-refractivity contribution >= 4 is 53.3 Å². The molecule has 1 aromatic rings. The van der Waals surface area contributed by atoms with E-state index in [-0.39, 0.29) is 12.2 Å². The van der Waals surface area contributed by atoms with E-state index in [9.17, 15) is 33.6 Å². The fourth-order valence-corrected chi connectivity index (χ4v) is 7.95. The number of likely N-dealkylation sites (N-methyl/N-ethyl adjacent to an activating group) is 1. The molecule has 2 aliphatic rings. The molecule has 3 rings (SSSR count). The van der Waals surface area contributed by atoms with Gasteiger partial charge in [0, 0.05) is 47.6 Å². The second-order valence-electron chi connectivity index (χ2n) is 10.4. The topological polar surface area (TPSA) is 169 Å². The Labute approximate surface area is 252 Å². The summed E-state index contributed by atoms with van der Waals surface area (Å²) in [5.74, 6) is -5.84. The number of esters is 5. The molecular formula is C29H35NO12S. The quantitative estimate of drug-likeness (QED) is 0.244. The van der Waals surface area contributed by atoms with E-state index in [1.54, 1.807) is 30.3 Å². The Hall–Kier alpha value is -3.94. The first kappa shape index (κ1) is 33.6. The van der Waals surface area contributed by atoms with E-state index in [0.717, 1.165) is 46.4 Å². The summed E-state index contributed by atoms with van der Waals surface area (Å²) in [7, 11) is 1.47. The average molecular weight is 622 g/mol. The van der Waals surface area contributed by atoms with Gasteiger partial charge in [0.15, 0.2) is 24.4 Å². The molecule has 2 saturated heterocycles. The summed E-state index contributed by atoms with van der Waals surface area (Å²) in [6.07, 6.45) is -6.52. The fraction of sp³-hybridized carbons (Fsp3) is 0.552. The first-order chi connectivity index (χ1) is 20.1. The molecule has 43 heavy (non-hydrogen) atoms. The highest BCUT2D eigenvalue weighted by Gasteiger charge is 2.75. The van der Waals surface area contributed by atoms with Gasteiger partial charge < -0.3 is 28.6 Å². The molecule has 0 saturated carbocycles. The smallest absolute Gasteiger partial charge is 0.303 e. The number of hydrogen-bond acceptors (Lipinski definition) is 13. The Morgan fingerprint density at radius 3 is 1.84 bits per heavy atom. The van der Waals surface area contributed by atoms with Crippen LogP contribution in [-0.4, -0.2) is 89.4 Å². The maximum atomic E-state index is 14.1. The van der Waals surface area contributed by atoms with Crippen LogP contribution in [0.3, 0.4) is 0 Å². The van der Waals surface area contributed by atoms with Crippen molar-refractivity contribution in [1.82, 2.24) is 4.90 Å². The minimum Gasteiger partial charge on any atom is -0.462 e. The van der Waals surface area contributed by atoms with E-state index in [4.69, 9.17) is 23.7 Å². The van der Waals surface area contributed by atoms with E-state index in [2.05, 4.69) is 0 Å². The zero-order valence-electron chi connectivity index (χ0n) is 24.9. The Bertz CT molecular complexity index is 1300. The van der Waals surface area contributed by atoms with Crippen molar-refractivity contribution in [3.8, 4) is 0 Å². The van der Waals surface area contributed by atoms with Crippen molar-refractivity contribution < 1.29 is 57.2 Å². The van der Waals surface area contributed by atoms with Gasteiger partial charge in [0.05, 0.1) is 0 Å². The number of ether oxygens (including phenoxy) is 5. The second-order valence-corrected chi connectivity index (χ2v) is 12.0. The molecule has 13 nitrogen and oxygen atoms in total. The van der Waals surface area contributed by atoms with Gasteiger partial charge in [0.1, 0.15) is 22.0 Å². The number of rotatable bonds is 12. The number of thioether (sulfide) groups is 1. The summed E-state index contributed by atoms with van der Waals surface area (Å²) in [6.45, 7) is 6.13. The zero-order valence-corrected chi connectivity index (χ0v) is 25.8. The predicted octanol–water partition coefficient (Wildman–Crippen LogP) is 1.68. The number of carbonyl (C=O) groups is 7. The van der Waals surface area contributed by atoms with Crippen molar-refractivity contribution in [1.29, 1.82) is 0 Å². The lowest BCUT2D eigenvalue weighted by Crippen LogP contribution is -2.64.